The van der Waals surface area contributed by atoms with Gasteiger partial charge in [0.05, 0.1) is 0 Å². The fraction of sp³-hybridized carbons (Fsp3) is 0.450. The van der Waals surface area contributed by atoms with E-state index in [4.69, 9.17) is 0 Å². The highest BCUT2D eigenvalue weighted by Crippen LogP contribution is 2.37. The highest BCUT2D eigenvalue weighted by atomic mass is 16.1. The molecule has 1 nitrogen and oxygen atoms in total. The summed E-state index contributed by atoms with van der Waals surface area (Å²) in [6.45, 7) is 13.2. The van der Waals surface area contributed by atoms with Gasteiger partial charge in [-0.2, -0.15) is 0 Å². The van der Waals surface area contributed by atoms with Gasteiger partial charge >= 0.3 is 0 Å². The van der Waals surface area contributed by atoms with Crippen LogP contribution in [0.25, 0.3) is 0 Å². The number of rotatable bonds is 2. The molecule has 1 aliphatic carbocycles. The molecule has 21 heavy (non-hydrogen) atoms. The van der Waals surface area contributed by atoms with E-state index in [1.807, 2.05) is 6.07 Å². The predicted molar refractivity (Wildman–Crippen MR) is 89.9 cm³/mol. The van der Waals surface area contributed by atoms with E-state index in [9.17, 15) is 4.79 Å². The molecule has 1 aromatic carbocycles. The van der Waals surface area contributed by atoms with E-state index >= 15 is 0 Å². The van der Waals surface area contributed by atoms with Gasteiger partial charge in [0.2, 0.25) is 0 Å². The number of aldehydes is 1. The molecule has 0 fully saturated rings. The van der Waals surface area contributed by atoms with E-state index in [-0.39, 0.29) is 16.7 Å². The summed E-state index contributed by atoms with van der Waals surface area (Å²) in [7, 11) is 0. The molecule has 112 valence electrons. The number of hydrogen-bond donors (Lipinski definition) is 0. The minimum absolute atomic E-state index is 0.0637. The fourth-order valence-corrected chi connectivity index (χ4v) is 2.65. The maximum Gasteiger partial charge on any atom is 0.150 e. The van der Waals surface area contributed by atoms with E-state index < -0.39 is 0 Å². The van der Waals surface area contributed by atoms with Crippen LogP contribution in [-0.2, 0) is 5.41 Å². The maximum atomic E-state index is 11.5. The summed E-state index contributed by atoms with van der Waals surface area (Å²) < 4.78 is 0. The first-order chi connectivity index (χ1) is 9.63. The molecular weight excluding hydrogens is 256 g/mol. The average Bonchev–Trinajstić information content (AvgIpc) is 2.86. The van der Waals surface area contributed by atoms with Crippen LogP contribution in [0, 0.1) is 5.41 Å². The largest absolute Gasteiger partial charge is 0.298 e. The number of hydrogen-bond acceptors (Lipinski definition) is 1. The van der Waals surface area contributed by atoms with E-state index in [2.05, 4.69) is 71.9 Å². The molecule has 1 heteroatoms. The molecule has 1 unspecified atom stereocenters. The first-order valence-corrected chi connectivity index (χ1v) is 7.63. The zero-order valence-electron chi connectivity index (χ0n) is 14.0. The summed E-state index contributed by atoms with van der Waals surface area (Å²) in [6, 6.07) is 6.31. The summed E-state index contributed by atoms with van der Waals surface area (Å²) in [4.78, 5) is 11.5. The van der Waals surface area contributed by atoms with Crippen molar-refractivity contribution in [2.24, 2.45) is 5.41 Å². The summed E-state index contributed by atoms with van der Waals surface area (Å²) in [6.07, 6.45) is 7.65. The second-order valence-corrected chi connectivity index (χ2v) is 7.97. The lowest BCUT2D eigenvalue weighted by molar-refractivity contribution is 0.112. The molecule has 0 heterocycles. The van der Waals surface area contributed by atoms with E-state index in [0.717, 1.165) is 17.4 Å². The Labute approximate surface area is 128 Å². The van der Waals surface area contributed by atoms with E-state index in [1.165, 1.54) is 11.1 Å². The summed E-state index contributed by atoms with van der Waals surface area (Å²) in [5.41, 5.74) is 4.67. The van der Waals surface area contributed by atoms with Crippen molar-refractivity contribution in [3.63, 3.8) is 0 Å². The van der Waals surface area contributed by atoms with Crippen LogP contribution in [0.1, 0.15) is 68.9 Å². The van der Waals surface area contributed by atoms with Gasteiger partial charge in [0.1, 0.15) is 6.29 Å². The summed E-state index contributed by atoms with van der Waals surface area (Å²) in [5, 5.41) is 0. The van der Waals surface area contributed by atoms with Crippen molar-refractivity contribution in [2.75, 3.05) is 0 Å². The standard InChI is InChI=1S/C20H26O/c1-19(2,3)16-8-7-14(11-16)18-10-9-17(20(4,5)6)12-15(18)13-21/h7-14H,1-6H3. The van der Waals surface area contributed by atoms with Crippen LogP contribution in [0.5, 0.6) is 0 Å². The van der Waals surface area contributed by atoms with Crippen LogP contribution < -0.4 is 0 Å². The molecule has 2 rings (SSSR count). The third kappa shape index (κ3) is 3.34. The molecule has 0 aromatic heterocycles. The molecule has 0 aliphatic heterocycles. The molecule has 0 spiro atoms. The van der Waals surface area contributed by atoms with Gasteiger partial charge in [0.15, 0.2) is 0 Å². The van der Waals surface area contributed by atoms with Crippen molar-refractivity contribution < 1.29 is 4.79 Å². The van der Waals surface area contributed by atoms with Crippen molar-refractivity contribution in [3.05, 3.63) is 58.7 Å². The Morgan fingerprint density at radius 2 is 1.67 bits per heavy atom. The highest BCUT2D eigenvalue weighted by molar-refractivity contribution is 5.79. The predicted octanol–water partition coefficient (Wildman–Crippen LogP) is 5.42. The van der Waals surface area contributed by atoms with E-state index in [1.54, 1.807) is 0 Å². The Balaban J connectivity index is 2.41. The van der Waals surface area contributed by atoms with Gasteiger partial charge in [0, 0.05) is 11.5 Å². The molecule has 0 radical (unpaired) electrons. The SMILES string of the molecule is CC(C)(C)C1=CC(c2ccc(C(C)(C)C)cc2C=O)C=C1. The van der Waals surface area contributed by atoms with Gasteiger partial charge in [-0.3, -0.25) is 4.79 Å². The van der Waals surface area contributed by atoms with Gasteiger partial charge in [-0.05, 0) is 33.6 Å². The van der Waals surface area contributed by atoms with Gasteiger partial charge in [-0.15, -0.1) is 0 Å². The molecule has 0 N–H and O–H groups in total. The van der Waals surface area contributed by atoms with Crippen molar-refractivity contribution >= 4 is 6.29 Å². The van der Waals surface area contributed by atoms with Gasteiger partial charge in [-0.1, -0.05) is 71.9 Å². The van der Waals surface area contributed by atoms with Crippen LogP contribution in [0.15, 0.2) is 42.0 Å². The molecule has 0 saturated carbocycles. The quantitative estimate of drug-likeness (QED) is 0.662. The molecule has 0 saturated heterocycles. The third-order valence-electron chi connectivity index (χ3n) is 4.15. The maximum absolute atomic E-state index is 11.5. The van der Waals surface area contributed by atoms with Crippen LogP contribution >= 0.6 is 0 Å². The summed E-state index contributed by atoms with van der Waals surface area (Å²) >= 11 is 0. The number of carbonyl (C=O) groups excluding carboxylic acids is 1. The Morgan fingerprint density at radius 1 is 1.00 bits per heavy atom. The molecular formula is C20H26O. The first kappa shape index (κ1) is 15.8. The lowest BCUT2D eigenvalue weighted by atomic mass is 9.83. The van der Waals surface area contributed by atoms with Crippen molar-refractivity contribution in [2.45, 2.75) is 52.9 Å². The van der Waals surface area contributed by atoms with Crippen LogP contribution in [0.4, 0.5) is 0 Å². The Morgan fingerprint density at radius 3 is 2.14 bits per heavy atom. The lowest BCUT2D eigenvalue weighted by Gasteiger charge is -2.21. The topological polar surface area (TPSA) is 17.1 Å². The Kier molecular flexibility index (Phi) is 3.97. The Hall–Kier alpha value is -1.63. The zero-order valence-corrected chi connectivity index (χ0v) is 14.0. The number of carbonyl (C=O) groups is 1. The van der Waals surface area contributed by atoms with Crippen molar-refractivity contribution in [1.29, 1.82) is 0 Å². The van der Waals surface area contributed by atoms with Crippen LogP contribution in [0.3, 0.4) is 0 Å². The van der Waals surface area contributed by atoms with Gasteiger partial charge in [0.25, 0.3) is 0 Å². The minimum atomic E-state index is 0.0637. The smallest absolute Gasteiger partial charge is 0.150 e. The van der Waals surface area contributed by atoms with Crippen LogP contribution in [0.2, 0.25) is 0 Å². The van der Waals surface area contributed by atoms with Gasteiger partial charge < -0.3 is 0 Å². The fourth-order valence-electron chi connectivity index (χ4n) is 2.65. The molecule has 0 amide bonds. The average molecular weight is 282 g/mol. The third-order valence-corrected chi connectivity index (χ3v) is 4.15. The summed E-state index contributed by atoms with van der Waals surface area (Å²) in [5.74, 6) is 0.216. The van der Waals surface area contributed by atoms with E-state index in [0.29, 0.717) is 0 Å². The second kappa shape index (κ2) is 5.29. The number of benzene rings is 1. The minimum Gasteiger partial charge on any atom is -0.298 e. The molecule has 0 bridgehead atoms. The zero-order chi connectivity index (χ0) is 15.8. The first-order valence-electron chi connectivity index (χ1n) is 7.63. The molecule has 1 atom stereocenters. The lowest BCUT2D eigenvalue weighted by Crippen LogP contribution is -2.12. The highest BCUT2D eigenvalue weighted by Gasteiger charge is 2.23. The second-order valence-electron chi connectivity index (χ2n) is 7.97. The normalized spacial score (nSPS) is 18.8. The Bertz CT molecular complexity index is 604. The molecule has 1 aromatic rings. The molecule has 1 aliphatic rings. The van der Waals surface area contributed by atoms with Gasteiger partial charge in [-0.25, -0.2) is 0 Å². The van der Waals surface area contributed by atoms with Crippen molar-refractivity contribution in [1.82, 2.24) is 0 Å². The van der Waals surface area contributed by atoms with Crippen LogP contribution in [-0.4, -0.2) is 6.29 Å². The number of allylic oxidation sites excluding steroid dienone is 4. The monoisotopic (exact) mass is 282 g/mol. The van der Waals surface area contributed by atoms with Crippen molar-refractivity contribution in [3.8, 4) is 0 Å².